The normalized spacial score (nSPS) is 19.1. The van der Waals surface area contributed by atoms with Crippen molar-refractivity contribution in [3.8, 4) is 0 Å². The molecule has 0 unspecified atom stereocenters. The number of anilines is 1. The number of rotatable bonds is 2. The first kappa shape index (κ1) is 14.1. The van der Waals surface area contributed by atoms with Gasteiger partial charge in [0.25, 0.3) is 0 Å². The summed E-state index contributed by atoms with van der Waals surface area (Å²) in [6.45, 7) is 11.6. The smallest absolute Gasteiger partial charge is 0.152 e. The van der Waals surface area contributed by atoms with Crippen LogP contribution in [0.5, 0.6) is 0 Å². The minimum absolute atomic E-state index is 0.0592. The molecule has 1 aromatic rings. The van der Waals surface area contributed by atoms with Gasteiger partial charge in [-0.1, -0.05) is 32.0 Å². The summed E-state index contributed by atoms with van der Waals surface area (Å²) in [7, 11) is 0. The van der Waals surface area contributed by atoms with Crippen molar-refractivity contribution in [3.05, 3.63) is 29.3 Å². The van der Waals surface area contributed by atoms with Gasteiger partial charge in [-0.05, 0) is 44.2 Å². The van der Waals surface area contributed by atoms with E-state index in [0.717, 1.165) is 6.42 Å². The van der Waals surface area contributed by atoms with Gasteiger partial charge in [-0.25, -0.2) is 0 Å². The number of nitrogens with zero attached hydrogens (tertiary/aromatic N) is 1. The van der Waals surface area contributed by atoms with E-state index in [1.165, 1.54) is 16.8 Å². The molecule has 0 spiro atoms. The number of carbonyl (C=O) groups is 1. The molecule has 1 aliphatic heterocycles. The molecule has 1 heterocycles. The lowest BCUT2D eigenvalue weighted by Crippen LogP contribution is -2.51. The number of benzene rings is 1. The third-order valence-electron chi connectivity index (χ3n) is 4.24. The van der Waals surface area contributed by atoms with Gasteiger partial charge in [0.15, 0.2) is 5.78 Å². The second-order valence-electron chi connectivity index (χ2n) is 6.60. The lowest BCUT2D eigenvalue weighted by Gasteiger charge is -2.45. The van der Waals surface area contributed by atoms with E-state index in [2.05, 4.69) is 57.7 Å². The molecule has 0 radical (unpaired) electrons. The maximum atomic E-state index is 11.9. The molecule has 1 saturated heterocycles. The van der Waals surface area contributed by atoms with Gasteiger partial charge in [0, 0.05) is 17.6 Å². The number of Topliss-reactive ketones (excluding diaryl/α,β-unsaturated/α-hetero) is 1. The highest BCUT2D eigenvalue weighted by Crippen LogP contribution is 2.38. The van der Waals surface area contributed by atoms with Gasteiger partial charge in [-0.3, -0.25) is 4.79 Å². The maximum absolute atomic E-state index is 11.9. The van der Waals surface area contributed by atoms with Crippen molar-refractivity contribution in [1.29, 1.82) is 0 Å². The molecule has 1 fully saturated rings. The molecule has 0 aromatic heterocycles. The van der Waals surface area contributed by atoms with E-state index in [0.29, 0.717) is 24.7 Å². The second kappa shape index (κ2) is 4.99. The highest BCUT2D eigenvalue weighted by Gasteiger charge is 2.35. The zero-order valence-corrected chi connectivity index (χ0v) is 12.8. The molecule has 19 heavy (non-hydrogen) atoms. The average Bonchev–Trinajstić information content (AvgIpc) is 2.32. The number of aryl methyl sites for hydroxylation is 1. The van der Waals surface area contributed by atoms with E-state index in [9.17, 15) is 4.79 Å². The van der Waals surface area contributed by atoms with Crippen LogP contribution in [0.1, 0.15) is 57.6 Å². The van der Waals surface area contributed by atoms with Gasteiger partial charge in [0.1, 0.15) is 0 Å². The third-order valence-corrected chi connectivity index (χ3v) is 4.24. The zero-order valence-electron chi connectivity index (χ0n) is 12.8. The van der Waals surface area contributed by atoms with E-state index in [4.69, 9.17) is 0 Å². The van der Waals surface area contributed by atoms with Crippen LogP contribution in [0, 0.1) is 6.92 Å². The Hall–Kier alpha value is -1.31. The zero-order chi connectivity index (χ0) is 14.2. The Morgan fingerprint density at radius 3 is 2.58 bits per heavy atom. The van der Waals surface area contributed by atoms with Crippen LogP contribution in [-0.2, 0) is 4.79 Å². The fraction of sp³-hybridized carbons (Fsp3) is 0.588. The Bertz CT molecular complexity index is 488. The van der Waals surface area contributed by atoms with Crippen molar-refractivity contribution in [2.24, 2.45) is 0 Å². The quantitative estimate of drug-likeness (QED) is 0.798. The van der Waals surface area contributed by atoms with Crippen molar-refractivity contribution in [1.82, 2.24) is 0 Å². The summed E-state index contributed by atoms with van der Waals surface area (Å²) in [5, 5.41) is 0. The first-order valence-corrected chi connectivity index (χ1v) is 7.22. The lowest BCUT2D eigenvalue weighted by molar-refractivity contribution is -0.119. The molecule has 2 rings (SSSR count). The van der Waals surface area contributed by atoms with Crippen molar-refractivity contribution >= 4 is 11.5 Å². The van der Waals surface area contributed by atoms with Gasteiger partial charge in [-0.2, -0.15) is 0 Å². The van der Waals surface area contributed by atoms with Gasteiger partial charge in [0.05, 0.1) is 6.54 Å². The van der Waals surface area contributed by atoms with Crippen LogP contribution < -0.4 is 4.90 Å². The summed E-state index contributed by atoms with van der Waals surface area (Å²) < 4.78 is 0. The molecular formula is C17H25NO. The number of ketones is 1. The average molecular weight is 259 g/mol. The predicted molar refractivity (Wildman–Crippen MR) is 80.9 cm³/mol. The molecule has 0 atom stereocenters. The molecule has 0 bridgehead atoms. The first-order valence-electron chi connectivity index (χ1n) is 7.22. The topological polar surface area (TPSA) is 20.3 Å². The standard InChI is InChI=1S/C17H25NO/c1-12(2)15-8-6-7-13(3)16(15)18-11-14(19)9-10-17(18,4)5/h6-8,12H,9-11H2,1-5H3. The van der Waals surface area contributed by atoms with Crippen LogP contribution >= 0.6 is 0 Å². The van der Waals surface area contributed by atoms with Crippen molar-refractivity contribution in [2.75, 3.05) is 11.4 Å². The van der Waals surface area contributed by atoms with Crippen LogP contribution in [0.4, 0.5) is 5.69 Å². The van der Waals surface area contributed by atoms with E-state index in [1.807, 2.05) is 0 Å². The summed E-state index contributed by atoms with van der Waals surface area (Å²) in [6, 6.07) is 6.46. The monoisotopic (exact) mass is 259 g/mol. The molecule has 0 saturated carbocycles. The molecule has 0 aliphatic carbocycles. The van der Waals surface area contributed by atoms with Gasteiger partial charge < -0.3 is 4.90 Å². The van der Waals surface area contributed by atoms with Crippen molar-refractivity contribution < 1.29 is 4.79 Å². The second-order valence-corrected chi connectivity index (χ2v) is 6.60. The number of hydrogen-bond donors (Lipinski definition) is 0. The molecule has 0 amide bonds. The molecule has 1 aromatic carbocycles. The Morgan fingerprint density at radius 2 is 1.95 bits per heavy atom. The largest absolute Gasteiger partial charge is 0.359 e. The summed E-state index contributed by atoms with van der Waals surface area (Å²) in [4.78, 5) is 14.2. The van der Waals surface area contributed by atoms with E-state index in [1.54, 1.807) is 0 Å². The Kier molecular flexibility index (Phi) is 3.71. The Labute approximate surface area is 116 Å². The molecule has 2 heteroatoms. The SMILES string of the molecule is Cc1cccc(C(C)C)c1N1CC(=O)CCC1(C)C. The number of hydrogen-bond acceptors (Lipinski definition) is 2. The number of para-hydroxylation sites is 1. The highest BCUT2D eigenvalue weighted by molar-refractivity contribution is 5.86. The van der Waals surface area contributed by atoms with E-state index in [-0.39, 0.29) is 5.54 Å². The molecule has 2 nitrogen and oxygen atoms in total. The predicted octanol–water partition coefficient (Wildman–Crippen LogP) is 4.07. The van der Waals surface area contributed by atoms with Crippen LogP contribution in [0.15, 0.2) is 18.2 Å². The number of piperidine rings is 1. The molecule has 1 aliphatic rings. The minimum Gasteiger partial charge on any atom is -0.359 e. The minimum atomic E-state index is 0.0592. The van der Waals surface area contributed by atoms with Gasteiger partial charge >= 0.3 is 0 Å². The molecular weight excluding hydrogens is 234 g/mol. The summed E-state index contributed by atoms with van der Waals surface area (Å²) >= 11 is 0. The lowest BCUT2D eigenvalue weighted by atomic mass is 9.86. The molecule has 0 N–H and O–H groups in total. The first-order chi connectivity index (χ1) is 8.83. The van der Waals surface area contributed by atoms with Gasteiger partial charge in [-0.15, -0.1) is 0 Å². The molecule has 104 valence electrons. The fourth-order valence-corrected chi connectivity index (χ4v) is 2.95. The van der Waals surface area contributed by atoms with Crippen LogP contribution in [0.2, 0.25) is 0 Å². The van der Waals surface area contributed by atoms with E-state index >= 15 is 0 Å². The Balaban J connectivity index is 2.53. The summed E-state index contributed by atoms with van der Waals surface area (Å²) in [5.74, 6) is 0.833. The van der Waals surface area contributed by atoms with E-state index < -0.39 is 0 Å². The van der Waals surface area contributed by atoms with Crippen molar-refractivity contribution in [2.45, 2.75) is 58.9 Å². The van der Waals surface area contributed by atoms with Gasteiger partial charge in [0.2, 0.25) is 0 Å². The number of carbonyl (C=O) groups excluding carboxylic acids is 1. The van der Waals surface area contributed by atoms with Crippen molar-refractivity contribution in [3.63, 3.8) is 0 Å². The van der Waals surface area contributed by atoms with Crippen LogP contribution in [0.25, 0.3) is 0 Å². The fourth-order valence-electron chi connectivity index (χ4n) is 2.95. The third kappa shape index (κ3) is 2.68. The van der Waals surface area contributed by atoms with Crippen LogP contribution in [-0.4, -0.2) is 17.9 Å². The maximum Gasteiger partial charge on any atom is 0.152 e. The van der Waals surface area contributed by atoms with Crippen LogP contribution in [0.3, 0.4) is 0 Å². The summed E-state index contributed by atoms with van der Waals surface area (Å²) in [6.07, 6.45) is 1.66. The summed E-state index contributed by atoms with van der Waals surface area (Å²) in [5.41, 5.74) is 3.95. The Morgan fingerprint density at radius 1 is 1.26 bits per heavy atom. The highest BCUT2D eigenvalue weighted by atomic mass is 16.1.